The third-order valence-electron chi connectivity index (χ3n) is 3.48. The Balaban J connectivity index is 2.64. The van der Waals surface area contributed by atoms with Gasteiger partial charge < -0.3 is 19.7 Å². The van der Waals surface area contributed by atoms with Crippen LogP contribution in [0.1, 0.15) is 53.9 Å². The van der Waals surface area contributed by atoms with Crippen molar-refractivity contribution in [2.24, 2.45) is 5.92 Å². The van der Waals surface area contributed by atoms with Gasteiger partial charge in [-0.2, -0.15) is 0 Å². The highest BCUT2D eigenvalue weighted by Crippen LogP contribution is 2.22. The molecule has 0 aromatic heterocycles. The van der Waals surface area contributed by atoms with Gasteiger partial charge in [-0.15, -0.1) is 0 Å². The van der Waals surface area contributed by atoms with Crippen molar-refractivity contribution in [1.82, 2.24) is 10.2 Å². The van der Waals surface area contributed by atoms with Crippen LogP contribution in [-0.2, 0) is 9.47 Å². The molecule has 1 fully saturated rings. The molecule has 0 bridgehead atoms. The topological polar surface area (TPSA) is 67.9 Å². The SMILES string of the molecule is CCCC1CC(NC(=O)OC(C)(C)C)CN(C(=O)OCC)C1. The molecule has 128 valence electrons. The van der Waals surface area contributed by atoms with Gasteiger partial charge in [-0.1, -0.05) is 13.3 Å². The first-order chi connectivity index (χ1) is 10.2. The van der Waals surface area contributed by atoms with Crippen LogP contribution < -0.4 is 5.32 Å². The van der Waals surface area contributed by atoms with Gasteiger partial charge >= 0.3 is 12.2 Å². The average molecular weight is 314 g/mol. The first kappa shape index (κ1) is 18.6. The van der Waals surface area contributed by atoms with Crippen LogP contribution in [0.25, 0.3) is 0 Å². The van der Waals surface area contributed by atoms with Gasteiger partial charge in [0.15, 0.2) is 0 Å². The Labute approximate surface area is 133 Å². The number of amides is 2. The van der Waals surface area contributed by atoms with Crippen LogP contribution in [0.3, 0.4) is 0 Å². The lowest BCUT2D eigenvalue weighted by atomic mass is 9.91. The second-order valence-electron chi connectivity index (χ2n) is 6.84. The number of piperidine rings is 1. The first-order valence-electron chi connectivity index (χ1n) is 8.16. The van der Waals surface area contributed by atoms with E-state index in [-0.39, 0.29) is 12.1 Å². The van der Waals surface area contributed by atoms with Crippen LogP contribution in [0, 0.1) is 5.92 Å². The fraction of sp³-hybridized carbons (Fsp3) is 0.875. The highest BCUT2D eigenvalue weighted by molar-refractivity contribution is 5.69. The number of carbonyl (C=O) groups excluding carboxylic acids is 2. The first-order valence-corrected chi connectivity index (χ1v) is 8.16. The number of hydrogen-bond acceptors (Lipinski definition) is 4. The molecule has 2 atom stereocenters. The average Bonchev–Trinajstić information content (AvgIpc) is 2.36. The molecular weight excluding hydrogens is 284 g/mol. The third kappa shape index (κ3) is 6.54. The van der Waals surface area contributed by atoms with Gasteiger partial charge in [-0.3, -0.25) is 0 Å². The van der Waals surface area contributed by atoms with Crippen LogP contribution in [0.15, 0.2) is 0 Å². The fourth-order valence-corrected chi connectivity index (χ4v) is 2.76. The maximum atomic E-state index is 12.0. The zero-order valence-electron chi connectivity index (χ0n) is 14.5. The summed E-state index contributed by atoms with van der Waals surface area (Å²) < 4.78 is 10.4. The van der Waals surface area contributed by atoms with E-state index in [9.17, 15) is 9.59 Å². The number of carbonyl (C=O) groups is 2. The normalized spacial score (nSPS) is 22.1. The smallest absolute Gasteiger partial charge is 0.409 e. The van der Waals surface area contributed by atoms with E-state index in [1.165, 1.54) is 0 Å². The maximum absolute atomic E-state index is 12.0. The quantitative estimate of drug-likeness (QED) is 0.865. The molecule has 1 rings (SSSR count). The second kappa shape index (κ2) is 8.25. The molecule has 0 spiro atoms. The van der Waals surface area contributed by atoms with E-state index in [0.717, 1.165) is 19.3 Å². The van der Waals surface area contributed by atoms with Gasteiger partial charge in [0.25, 0.3) is 0 Å². The summed E-state index contributed by atoms with van der Waals surface area (Å²) in [6, 6.07) is -0.0930. The van der Waals surface area contributed by atoms with Crippen molar-refractivity contribution in [1.29, 1.82) is 0 Å². The zero-order valence-corrected chi connectivity index (χ0v) is 14.5. The molecule has 6 heteroatoms. The van der Waals surface area contributed by atoms with E-state index in [4.69, 9.17) is 9.47 Å². The Kier molecular flexibility index (Phi) is 6.97. The van der Waals surface area contributed by atoms with Gasteiger partial charge in [0.1, 0.15) is 5.60 Å². The van der Waals surface area contributed by atoms with Crippen LogP contribution in [-0.4, -0.2) is 48.4 Å². The molecule has 22 heavy (non-hydrogen) atoms. The lowest BCUT2D eigenvalue weighted by Gasteiger charge is -2.37. The summed E-state index contributed by atoms with van der Waals surface area (Å²) >= 11 is 0. The van der Waals surface area contributed by atoms with Crippen molar-refractivity contribution in [2.75, 3.05) is 19.7 Å². The number of ether oxygens (including phenoxy) is 2. The molecule has 6 nitrogen and oxygen atoms in total. The van der Waals surface area contributed by atoms with Crippen molar-refractivity contribution in [3.8, 4) is 0 Å². The van der Waals surface area contributed by atoms with Crippen LogP contribution >= 0.6 is 0 Å². The van der Waals surface area contributed by atoms with Crippen LogP contribution in [0.5, 0.6) is 0 Å². The van der Waals surface area contributed by atoms with Gasteiger partial charge in [0, 0.05) is 13.1 Å². The minimum absolute atomic E-state index is 0.0930. The summed E-state index contributed by atoms with van der Waals surface area (Å²) in [5, 5.41) is 2.88. The van der Waals surface area contributed by atoms with E-state index in [1.807, 2.05) is 20.8 Å². The van der Waals surface area contributed by atoms with Gasteiger partial charge in [0.2, 0.25) is 0 Å². The van der Waals surface area contributed by atoms with Crippen molar-refractivity contribution >= 4 is 12.2 Å². The monoisotopic (exact) mass is 314 g/mol. The molecule has 0 radical (unpaired) electrons. The Morgan fingerprint density at radius 3 is 2.45 bits per heavy atom. The summed E-state index contributed by atoms with van der Waals surface area (Å²) in [6.07, 6.45) is 2.21. The Morgan fingerprint density at radius 1 is 1.23 bits per heavy atom. The van der Waals surface area contributed by atoms with E-state index in [1.54, 1.807) is 11.8 Å². The van der Waals surface area contributed by atoms with Crippen molar-refractivity contribution in [3.05, 3.63) is 0 Å². The second-order valence-corrected chi connectivity index (χ2v) is 6.84. The molecule has 0 aromatic rings. The molecule has 0 saturated carbocycles. The maximum Gasteiger partial charge on any atom is 0.409 e. The molecule has 1 N–H and O–H groups in total. The molecule has 2 unspecified atom stereocenters. The number of nitrogens with one attached hydrogen (secondary N) is 1. The lowest BCUT2D eigenvalue weighted by molar-refractivity contribution is 0.0419. The van der Waals surface area contributed by atoms with Crippen molar-refractivity contribution < 1.29 is 19.1 Å². The number of hydrogen-bond donors (Lipinski definition) is 1. The molecule has 1 heterocycles. The Bertz CT molecular complexity index is 379. The minimum atomic E-state index is -0.525. The van der Waals surface area contributed by atoms with E-state index in [2.05, 4.69) is 12.2 Å². The molecule has 2 amide bonds. The van der Waals surface area contributed by atoms with Gasteiger partial charge in [0.05, 0.1) is 12.6 Å². The van der Waals surface area contributed by atoms with Crippen molar-refractivity contribution in [2.45, 2.75) is 65.5 Å². The molecule has 1 saturated heterocycles. The summed E-state index contributed by atoms with van der Waals surface area (Å²) in [4.78, 5) is 25.6. The highest BCUT2D eigenvalue weighted by Gasteiger charge is 2.32. The number of likely N-dealkylation sites (tertiary alicyclic amines) is 1. The highest BCUT2D eigenvalue weighted by atomic mass is 16.6. The fourth-order valence-electron chi connectivity index (χ4n) is 2.76. The number of rotatable bonds is 4. The van der Waals surface area contributed by atoms with Crippen LogP contribution in [0.4, 0.5) is 9.59 Å². The van der Waals surface area contributed by atoms with E-state index >= 15 is 0 Å². The van der Waals surface area contributed by atoms with Gasteiger partial charge in [-0.05, 0) is 46.5 Å². The predicted molar refractivity (Wildman–Crippen MR) is 84.8 cm³/mol. The molecule has 0 aromatic carbocycles. The standard InChI is InChI=1S/C16H30N2O4/c1-6-8-12-9-13(17-14(19)22-16(3,4)5)11-18(10-12)15(20)21-7-2/h12-13H,6-11H2,1-5H3,(H,17,19). The Hall–Kier alpha value is -1.46. The molecule has 0 aliphatic carbocycles. The molecular formula is C16H30N2O4. The summed E-state index contributed by atoms with van der Waals surface area (Å²) in [7, 11) is 0. The zero-order chi connectivity index (χ0) is 16.8. The van der Waals surface area contributed by atoms with Crippen LogP contribution in [0.2, 0.25) is 0 Å². The van der Waals surface area contributed by atoms with E-state index < -0.39 is 11.7 Å². The minimum Gasteiger partial charge on any atom is -0.450 e. The third-order valence-corrected chi connectivity index (χ3v) is 3.48. The lowest BCUT2D eigenvalue weighted by Crippen LogP contribution is -2.53. The van der Waals surface area contributed by atoms with Crippen molar-refractivity contribution in [3.63, 3.8) is 0 Å². The Morgan fingerprint density at radius 2 is 1.91 bits per heavy atom. The molecule has 1 aliphatic rings. The summed E-state index contributed by atoms with van der Waals surface area (Å²) in [5.41, 5.74) is -0.525. The van der Waals surface area contributed by atoms with Gasteiger partial charge in [-0.25, -0.2) is 9.59 Å². The predicted octanol–water partition coefficient (Wildman–Crippen LogP) is 3.16. The van der Waals surface area contributed by atoms with E-state index in [0.29, 0.717) is 25.6 Å². The summed E-state index contributed by atoms with van der Waals surface area (Å²) in [6.45, 7) is 10.9. The largest absolute Gasteiger partial charge is 0.450 e. The summed E-state index contributed by atoms with van der Waals surface area (Å²) in [5.74, 6) is 0.378. The number of alkyl carbamates (subject to hydrolysis) is 1. The molecule has 1 aliphatic heterocycles. The number of nitrogens with zero attached hydrogens (tertiary/aromatic N) is 1.